The molecular formula is C9H16NNaO5. The number of esters is 1. The molecule has 0 bridgehead atoms. The van der Waals surface area contributed by atoms with Crippen LogP contribution in [0, 0.1) is 0 Å². The normalized spacial score (nSPS) is 12.3. The Bertz CT molecular complexity index is 272. The Morgan fingerprint density at radius 2 is 2.12 bits per heavy atom. The Hall–Kier alpha value is -0.560. The quantitative estimate of drug-likeness (QED) is 0.255. The van der Waals surface area contributed by atoms with Gasteiger partial charge in [0.1, 0.15) is 6.04 Å². The zero-order valence-corrected chi connectivity index (χ0v) is 11.7. The Kier molecular flexibility index (Phi) is 10.8. The second kappa shape index (κ2) is 9.65. The maximum atomic E-state index is 10.9. The van der Waals surface area contributed by atoms with Crippen molar-refractivity contribution >= 4 is 11.9 Å². The van der Waals surface area contributed by atoms with Crippen LogP contribution in [-0.4, -0.2) is 41.4 Å². The second-order valence-electron chi connectivity index (χ2n) is 2.80. The van der Waals surface area contributed by atoms with Gasteiger partial charge in [-0.15, -0.1) is 0 Å². The summed E-state index contributed by atoms with van der Waals surface area (Å²) in [5, 5.41) is 19.8. The van der Waals surface area contributed by atoms with Crippen LogP contribution in [0.4, 0.5) is 0 Å². The molecule has 0 rings (SSSR count). The predicted molar refractivity (Wildman–Crippen MR) is 53.1 cm³/mol. The van der Waals surface area contributed by atoms with Crippen molar-refractivity contribution in [3.8, 4) is 0 Å². The van der Waals surface area contributed by atoms with Crippen molar-refractivity contribution in [3.05, 3.63) is 11.8 Å². The smallest absolute Gasteiger partial charge is 1.00 e. The maximum Gasteiger partial charge on any atom is 1.00 e. The summed E-state index contributed by atoms with van der Waals surface area (Å²) in [5.41, 5.74) is 0.329. The summed E-state index contributed by atoms with van der Waals surface area (Å²) in [5.74, 6) is -1.74. The number of ether oxygens (including phenoxy) is 1. The molecule has 7 heteroatoms. The number of hydrogen-bond acceptors (Lipinski definition) is 5. The molecule has 0 aromatic rings. The third kappa shape index (κ3) is 7.70. The number of aliphatic hydroxyl groups excluding tert-OH is 1. The monoisotopic (exact) mass is 241 g/mol. The molecule has 0 amide bonds. The van der Waals surface area contributed by atoms with Crippen molar-refractivity contribution in [1.82, 2.24) is 5.32 Å². The molecule has 0 aromatic carbocycles. The first-order chi connectivity index (χ1) is 7.01. The Morgan fingerprint density at radius 1 is 1.56 bits per heavy atom. The number of hydrogen-bond donors (Lipinski definition) is 3. The van der Waals surface area contributed by atoms with Crippen molar-refractivity contribution in [1.29, 1.82) is 0 Å². The molecule has 0 radical (unpaired) electrons. The van der Waals surface area contributed by atoms with Gasteiger partial charge >= 0.3 is 41.5 Å². The van der Waals surface area contributed by atoms with E-state index < -0.39 is 24.6 Å². The summed E-state index contributed by atoms with van der Waals surface area (Å²) in [6.45, 7) is 2.89. The van der Waals surface area contributed by atoms with Gasteiger partial charge in [-0.3, -0.25) is 0 Å². The van der Waals surface area contributed by atoms with Gasteiger partial charge in [0.15, 0.2) is 0 Å². The molecule has 0 saturated heterocycles. The summed E-state index contributed by atoms with van der Waals surface area (Å²) in [6, 6.07) is -1.12. The SMILES string of the molecule is CCOC(=O)/C=C(\C)N[C@@H](CO)C(=O)O.[H-].[Na+]. The van der Waals surface area contributed by atoms with E-state index in [0.29, 0.717) is 5.70 Å². The molecule has 0 heterocycles. The molecule has 0 aromatic heterocycles. The van der Waals surface area contributed by atoms with E-state index in [-0.39, 0.29) is 37.6 Å². The fourth-order valence-electron chi connectivity index (χ4n) is 0.863. The molecular weight excluding hydrogens is 225 g/mol. The summed E-state index contributed by atoms with van der Waals surface area (Å²) in [4.78, 5) is 21.5. The number of aliphatic carboxylic acids is 1. The first-order valence-electron chi connectivity index (χ1n) is 4.46. The third-order valence-electron chi connectivity index (χ3n) is 1.50. The topological polar surface area (TPSA) is 95.9 Å². The number of carbonyl (C=O) groups excluding carboxylic acids is 1. The van der Waals surface area contributed by atoms with Gasteiger partial charge in [0.25, 0.3) is 0 Å². The van der Waals surface area contributed by atoms with Crippen LogP contribution in [0.3, 0.4) is 0 Å². The second-order valence-corrected chi connectivity index (χ2v) is 2.80. The Labute approximate surface area is 117 Å². The molecule has 0 spiro atoms. The van der Waals surface area contributed by atoms with Crippen LogP contribution in [0.25, 0.3) is 0 Å². The van der Waals surface area contributed by atoms with E-state index in [1.54, 1.807) is 6.92 Å². The van der Waals surface area contributed by atoms with Crippen LogP contribution >= 0.6 is 0 Å². The van der Waals surface area contributed by atoms with Crippen molar-refractivity contribution in [3.63, 3.8) is 0 Å². The van der Waals surface area contributed by atoms with Gasteiger partial charge < -0.3 is 21.7 Å². The molecule has 3 N–H and O–H groups in total. The molecule has 6 nitrogen and oxygen atoms in total. The van der Waals surface area contributed by atoms with E-state index in [1.807, 2.05) is 0 Å². The van der Waals surface area contributed by atoms with Gasteiger partial charge in [-0.1, -0.05) is 0 Å². The molecule has 1 atom stereocenters. The van der Waals surface area contributed by atoms with Crippen LogP contribution in [0.15, 0.2) is 11.8 Å². The van der Waals surface area contributed by atoms with Gasteiger partial charge in [-0.2, -0.15) is 0 Å². The average molecular weight is 241 g/mol. The van der Waals surface area contributed by atoms with Gasteiger partial charge in [0, 0.05) is 11.8 Å². The zero-order valence-electron chi connectivity index (χ0n) is 10.7. The minimum Gasteiger partial charge on any atom is -1.00 e. The summed E-state index contributed by atoms with van der Waals surface area (Å²) >= 11 is 0. The van der Waals surface area contributed by atoms with E-state index in [9.17, 15) is 9.59 Å². The maximum absolute atomic E-state index is 10.9. The van der Waals surface area contributed by atoms with Crippen LogP contribution in [0.1, 0.15) is 15.3 Å². The minimum absolute atomic E-state index is 0. The van der Waals surface area contributed by atoms with Crippen LogP contribution < -0.4 is 34.9 Å². The van der Waals surface area contributed by atoms with E-state index >= 15 is 0 Å². The van der Waals surface area contributed by atoms with Crippen LogP contribution in [0.5, 0.6) is 0 Å². The van der Waals surface area contributed by atoms with Gasteiger partial charge in [0.2, 0.25) is 0 Å². The fourth-order valence-corrected chi connectivity index (χ4v) is 0.863. The molecule has 0 fully saturated rings. The van der Waals surface area contributed by atoms with Gasteiger partial charge in [0.05, 0.1) is 13.2 Å². The summed E-state index contributed by atoms with van der Waals surface area (Å²) in [7, 11) is 0. The number of aliphatic hydroxyl groups is 1. The van der Waals surface area contributed by atoms with E-state index in [0.717, 1.165) is 6.08 Å². The number of nitrogens with one attached hydrogen (secondary N) is 1. The number of carbonyl (C=O) groups is 2. The predicted octanol–water partition coefficient (Wildman–Crippen LogP) is -3.40. The molecule has 16 heavy (non-hydrogen) atoms. The number of carboxylic acids is 1. The Balaban J connectivity index is -0.000000980. The Morgan fingerprint density at radius 3 is 2.50 bits per heavy atom. The standard InChI is InChI=1S/C9H15NO5.Na.H/c1-3-15-8(12)4-6(2)10-7(5-11)9(13)14;;/h4,7,10-11H,3,5H2,1-2H3,(H,13,14);;/q;+1;-1/b6-4+;;/t7-;;/m0../s1. The molecule has 0 aliphatic heterocycles. The number of allylic oxidation sites excluding steroid dienone is 1. The first-order valence-corrected chi connectivity index (χ1v) is 4.46. The number of rotatable bonds is 6. The van der Waals surface area contributed by atoms with Crippen molar-refractivity contribution in [2.75, 3.05) is 13.2 Å². The van der Waals surface area contributed by atoms with E-state index in [1.165, 1.54) is 6.92 Å². The van der Waals surface area contributed by atoms with Crippen LogP contribution in [-0.2, 0) is 14.3 Å². The van der Waals surface area contributed by atoms with E-state index in [2.05, 4.69) is 10.1 Å². The third-order valence-corrected chi connectivity index (χ3v) is 1.50. The molecule has 0 aliphatic rings. The van der Waals surface area contributed by atoms with Gasteiger partial charge in [-0.25, -0.2) is 9.59 Å². The van der Waals surface area contributed by atoms with Crippen molar-refractivity contribution < 1.29 is 55.5 Å². The summed E-state index contributed by atoms with van der Waals surface area (Å²) < 4.78 is 4.62. The van der Waals surface area contributed by atoms with Crippen LogP contribution in [0.2, 0.25) is 0 Å². The zero-order chi connectivity index (χ0) is 11.8. The fraction of sp³-hybridized carbons (Fsp3) is 0.556. The molecule has 0 saturated carbocycles. The first kappa shape index (κ1) is 17.8. The van der Waals surface area contributed by atoms with E-state index in [4.69, 9.17) is 10.2 Å². The average Bonchev–Trinajstić information content (AvgIpc) is 2.13. The molecule has 0 unspecified atom stereocenters. The van der Waals surface area contributed by atoms with Crippen molar-refractivity contribution in [2.45, 2.75) is 19.9 Å². The van der Waals surface area contributed by atoms with Gasteiger partial charge in [-0.05, 0) is 13.8 Å². The summed E-state index contributed by atoms with van der Waals surface area (Å²) in [6.07, 6.45) is 1.13. The minimum atomic E-state index is -1.19. The van der Waals surface area contributed by atoms with Crippen molar-refractivity contribution in [2.24, 2.45) is 0 Å². The number of carboxylic acid groups (broad SMARTS) is 1. The molecule has 0 aliphatic carbocycles. The largest absolute Gasteiger partial charge is 1.00 e. The molecule has 88 valence electrons.